The van der Waals surface area contributed by atoms with Crippen LogP contribution in [-0.2, 0) is 16.1 Å². The smallest absolute Gasteiger partial charge is 0.270 e. The maximum Gasteiger partial charge on any atom is 0.270 e. The van der Waals surface area contributed by atoms with Gasteiger partial charge in [0.15, 0.2) is 0 Å². The number of carbonyl (C=O) groups excluding carboxylic acids is 1. The monoisotopic (exact) mass is 541 g/mol. The Bertz CT molecular complexity index is 1300. The van der Waals surface area contributed by atoms with Crippen LogP contribution >= 0.6 is 0 Å². The van der Waals surface area contributed by atoms with Crippen molar-refractivity contribution in [2.24, 2.45) is 0 Å². The zero-order valence-corrected chi connectivity index (χ0v) is 23.7. The number of fused-ring (bicyclic) bond motifs is 1. The van der Waals surface area contributed by atoms with Crippen LogP contribution in [0.4, 0.5) is 11.4 Å². The topological polar surface area (TPSA) is 69.3 Å². The SMILES string of the molecule is CC/C1=C(\C(=O)NCc2ccc(N3CCN(c4ccc(OC)cc4)CC3)cc2)N2C=CC(OC)=C/C2=C\CCN1. The Morgan fingerprint density at radius 2 is 1.57 bits per heavy atom. The highest BCUT2D eigenvalue weighted by Crippen LogP contribution is 2.27. The van der Waals surface area contributed by atoms with Gasteiger partial charge in [0.1, 0.15) is 17.2 Å². The lowest BCUT2D eigenvalue weighted by Crippen LogP contribution is -2.46. The molecular weight excluding hydrogens is 502 g/mol. The molecule has 0 unspecified atom stereocenters. The van der Waals surface area contributed by atoms with Gasteiger partial charge in [0.25, 0.3) is 5.91 Å². The summed E-state index contributed by atoms with van der Waals surface area (Å²) in [4.78, 5) is 20.3. The van der Waals surface area contributed by atoms with Gasteiger partial charge in [0.05, 0.1) is 14.2 Å². The molecule has 0 radical (unpaired) electrons. The molecule has 2 N–H and O–H groups in total. The van der Waals surface area contributed by atoms with Crippen molar-refractivity contribution in [1.29, 1.82) is 0 Å². The number of allylic oxidation sites excluding steroid dienone is 3. The molecule has 5 rings (SSSR count). The van der Waals surface area contributed by atoms with Gasteiger partial charge in [-0.05, 0) is 60.9 Å². The minimum Gasteiger partial charge on any atom is -0.497 e. The third-order valence-electron chi connectivity index (χ3n) is 7.60. The number of nitrogens with one attached hydrogen (secondary N) is 2. The van der Waals surface area contributed by atoms with E-state index in [-0.39, 0.29) is 5.91 Å². The Morgan fingerprint density at radius 3 is 2.17 bits per heavy atom. The normalized spacial score (nSPS) is 20.3. The predicted octanol–water partition coefficient (Wildman–Crippen LogP) is 4.50. The molecule has 1 fully saturated rings. The van der Waals surface area contributed by atoms with Crippen molar-refractivity contribution < 1.29 is 14.3 Å². The van der Waals surface area contributed by atoms with E-state index in [9.17, 15) is 4.79 Å². The van der Waals surface area contributed by atoms with E-state index in [0.29, 0.717) is 12.2 Å². The maximum absolute atomic E-state index is 13.5. The van der Waals surface area contributed by atoms with Gasteiger partial charge >= 0.3 is 0 Å². The molecular formula is C32H39N5O3. The number of ether oxygens (including phenoxy) is 2. The van der Waals surface area contributed by atoms with Gasteiger partial charge in [0.2, 0.25) is 0 Å². The van der Waals surface area contributed by atoms with Crippen LogP contribution in [0.25, 0.3) is 0 Å². The number of amides is 1. The highest BCUT2D eigenvalue weighted by atomic mass is 16.5. The van der Waals surface area contributed by atoms with E-state index >= 15 is 0 Å². The summed E-state index contributed by atoms with van der Waals surface area (Å²) >= 11 is 0. The standard InChI is InChI=1S/C32H39N5O3/c1-4-30-31(37-17-15-29(40-3)22-27(37)6-5-16-33-30)32(38)34-23-24-7-9-25(10-8-24)35-18-20-36(21-19-35)26-11-13-28(39-2)14-12-26/h6-15,17,22,33H,4-5,16,18-21,23H2,1-3H3,(H,34,38)/b27-6+,31-30-. The number of rotatable bonds is 8. The molecule has 2 aromatic carbocycles. The van der Waals surface area contributed by atoms with E-state index in [1.54, 1.807) is 14.2 Å². The van der Waals surface area contributed by atoms with E-state index < -0.39 is 0 Å². The molecule has 1 amide bonds. The molecule has 40 heavy (non-hydrogen) atoms. The van der Waals surface area contributed by atoms with Gasteiger partial charge in [0, 0.05) is 74.3 Å². The van der Waals surface area contributed by atoms with Crippen LogP contribution in [0.2, 0.25) is 0 Å². The van der Waals surface area contributed by atoms with Gasteiger partial charge in [-0.1, -0.05) is 25.1 Å². The van der Waals surface area contributed by atoms with E-state index in [1.165, 1.54) is 11.4 Å². The molecule has 0 bridgehead atoms. The summed E-state index contributed by atoms with van der Waals surface area (Å²) in [6, 6.07) is 16.8. The van der Waals surface area contributed by atoms with E-state index in [4.69, 9.17) is 9.47 Å². The van der Waals surface area contributed by atoms with Gasteiger partial charge in [-0.2, -0.15) is 0 Å². The summed E-state index contributed by atoms with van der Waals surface area (Å²) in [7, 11) is 3.35. The van der Waals surface area contributed by atoms with Crippen LogP contribution in [0, 0.1) is 0 Å². The Morgan fingerprint density at radius 1 is 0.925 bits per heavy atom. The highest BCUT2D eigenvalue weighted by Gasteiger charge is 2.26. The third kappa shape index (κ3) is 6.11. The number of anilines is 2. The zero-order valence-electron chi connectivity index (χ0n) is 23.7. The number of hydrogen-bond donors (Lipinski definition) is 2. The molecule has 0 spiro atoms. The van der Waals surface area contributed by atoms with Crippen molar-refractivity contribution in [2.75, 3.05) is 56.7 Å². The minimum atomic E-state index is -0.102. The van der Waals surface area contributed by atoms with Crippen molar-refractivity contribution in [3.05, 3.63) is 101 Å². The number of methoxy groups -OCH3 is 2. The molecule has 2 aromatic rings. The molecule has 0 aliphatic carbocycles. The fourth-order valence-corrected chi connectivity index (χ4v) is 5.30. The molecule has 0 aromatic heterocycles. The van der Waals surface area contributed by atoms with E-state index in [0.717, 1.165) is 74.0 Å². The summed E-state index contributed by atoms with van der Waals surface area (Å²) in [6.07, 6.45) is 9.50. The van der Waals surface area contributed by atoms with Crippen LogP contribution in [0.5, 0.6) is 5.75 Å². The summed E-state index contributed by atoms with van der Waals surface area (Å²) in [5.74, 6) is 1.55. The minimum absolute atomic E-state index is 0.102. The van der Waals surface area contributed by atoms with Crippen molar-refractivity contribution in [1.82, 2.24) is 15.5 Å². The van der Waals surface area contributed by atoms with E-state index in [2.05, 4.69) is 69.8 Å². The van der Waals surface area contributed by atoms with Gasteiger partial charge in [-0.3, -0.25) is 4.79 Å². The Hall–Kier alpha value is -4.33. The molecule has 3 aliphatic rings. The molecule has 8 heteroatoms. The van der Waals surface area contributed by atoms with Crippen LogP contribution in [0.3, 0.4) is 0 Å². The Labute approximate surface area is 237 Å². The maximum atomic E-state index is 13.5. The third-order valence-corrected chi connectivity index (χ3v) is 7.60. The first-order valence-electron chi connectivity index (χ1n) is 14.0. The van der Waals surface area contributed by atoms with Crippen molar-refractivity contribution in [3.8, 4) is 5.75 Å². The highest BCUT2D eigenvalue weighted by molar-refractivity contribution is 5.94. The van der Waals surface area contributed by atoms with Gasteiger partial charge < -0.3 is 34.8 Å². The van der Waals surface area contributed by atoms with Crippen LogP contribution in [-0.4, -0.2) is 57.8 Å². The van der Waals surface area contributed by atoms with Crippen molar-refractivity contribution in [3.63, 3.8) is 0 Å². The van der Waals surface area contributed by atoms with Crippen molar-refractivity contribution >= 4 is 17.3 Å². The lowest BCUT2D eigenvalue weighted by atomic mass is 10.1. The van der Waals surface area contributed by atoms with Crippen LogP contribution in [0.15, 0.2) is 95.8 Å². The average Bonchev–Trinajstić information content (AvgIpc) is 3.00. The molecule has 210 valence electrons. The second kappa shape index (κ2) is 12.7. The fourth-order valence-electron chi connectivity index (χ4n) is 5.30. The van der Waals surface area contributed by atoms with Gasteiger partial charge in [-0.15, -0.1) is 0 Å². The first-order valence-corrected chi connectivity index (χ1v) is 14.0. The first-order chi connectivity index (χ1) is 19.6. The number of hydrogen-bond acceptors (Lipinski definition) is 7. The largest absolute Gasteiger partial charge is 0.497 e. The quantitative estimate of drug-likeness (QED) is 0.510. The summed E-state index contributed by atoms with van der Waals surface area (Å²) in [5, 5.41) is 6.60. The second-order valence-corrected chi connectivity index (χ2v) is 9.98. The molecule has 3 heterocycles. The summed E-state index contributed by atoms with van der Waals surface area (Å²) < 4.78 is 10.7. The first kappa shape index (κ1) is 27.2. The Kier molecular flexibility index (Phi) is 8.64. The predicted molar refractivity (Wildman–Crippen MR) is 160 cm³/mol. The van der Waals surface area contributed by atoms with Crippen molar-refractivity contribution in [2.45, 2.75) is 26.3 Å². The second-order valence-electron chi connectivity index (χ2n) is 9.98. The number of benzene rings is 2. The Balaban J connectivity index is 1.19. The zero-order chi connectivity index (χ0) is 27.9. The molecule has 1 saturated heterocycles. The number of piperazine rings is 1. The molecule has 0 atom stereocenters. The lowest BCUT2D eigenvalue weighted by Gasteiger charge is -2.37. The average molecular weight is 542 g/mol. The lowest BCUT2D eigenvalue weighted by molar-refractivity contribution is -0.118. The molecule has 3 aliphatic heterocycles. The van der Waals surface area contributed by atoms with E-state index in [1.807, 2.05) is 35.4 Å². The molecule has 8 nitrogen and oxygen atoms in total. The van der Waals surface area contributed by atoms with Crippen LogP contribution < -0.4 is 25.2 Å². The number of carbonyl (C=O) groups is 1. The summed E-state index contributed by atoms with van der Waals surface area (Å²) in [6.45, 7) is 7.17. The fraction of sp³-hybridized carbons (Fsp3) is 0.344. The summed E-state index contributed by atoms with van der Waals surface area (Å²) in [5.41, 5.74) is 6.02. The molecule has 0 saturated carbocycles. The number of nitrogens with zero attached hydrogens (tertiary/aromatic N) is 3. The van der Waals surface area contributed by atoms with Gasteiger partial charge in [-0.25, -0.2) is 0 Å². The van der Waals surface area contributed by atoms with Crippen LogP contribution in [0.1, 0.15) is 25.3 Å².